The lowest BCUT2D eigenvalue weighted by Crippen LogP contribution is -2.36. The van der Waals surface area contributed by atoms with Crippen molar-refractivity contribution in [2.75, 3.05) is 12.4 Å². The number of methoxy groups -OCH3 is 1. The lowest BCUT2D eigenvalue weighted by molar-refractivity contribution is 0.417. The molecule has 1 aliphatic rings. The van der Waals surface area contributed by atoms with Crippen molar-refractivity contribution < 1.29 is 4.74 Å². The van der Waals surface area contributed by atoms with Gasteiger partial charge in [-0.05, 0) is 37.5 Å². The molecule has 92 valence electrons. The van der Waals surface area contributed by atoms with E-state index in [9.17, 15) is 0 Å². The summed E-state index contributed by atoms with van der Waals surface area (Å²) in [5.41, 5.74) is 4.59. The van der Waals surface area contributed by atoms with Crippen LogP contribution in [-0.4, -0.2) is 19.1 Å². The van der Waals surface area contributed by atoms with E-state index >= 15 is 0 Å². The van der Waals surface area contributed by atoms with Gasteiger partial charge in [-0.15, -0.1) is 0 Å². The number of nitrogens with two attached hydrogens (primary N) is 1. The second kappa shape index (κ2) is 5.05. The molecule has 0 unspecified atom stereocenters. The Morgan fingerprint density at radius 3 is 2.82 bits per heavy atom. The normalized spacial score (nSPS) is 15.6. The summed E-state index contributed by atoms with van der Waals surface area (Å²) < 4.78 is 5.28. The third-order valence-corrected chi connectivity index (χ3v) is 2.60. The highest BCUT2D eigenvalue weighted by atomic mass is 16.5. The van der Waals surface area contributed by atoms with Gasteiger partial charge >= 0.3 is 0 Å². The molecule has 1 saturated carbocycles. The average Bonchev–Trinajstić information content (AvgIpc) is 3.12. The maximum absolute atomic E-state index is 5.44. The molecular weight excluding hydrogens is 216 g/mol. The van der Waals surface area contributed by atoms with Crippen molar-refractivity contribution in [2.45, 2.75) is 25.8 Å². The number of hydrogen-bond acceptors (Lipinski definition) is 3. The molecule has 0 amide bonds. The van der Waals surface area contributed by atoms with Crippen molar-refractivity contribution in [3.8, 4) is 5.75 Å². The standard InChI is InChI=1S/C12H18N4O/c1-8-3-6-11(17-2)10(7-8)15-12(16-13)14-9-4-5-9/h3,6-7,9H,4-5,13H2,1-2H3,(H2,14,15,16). The molecule has 4 N–H and O–H groups in total. The second-order valence-corrected chi connectivity index (χ2v) is 4.18. The second-order valence-electron chi connectivity index (χ2n) is 4.18. The molecule has 0 heterocycles. The lowest BCUT2D eigenvalue weighted by Gasteiger charge is -2.13. The van der Waals surface area contributed by atoms with E-state index in [4.69, 9.17) is 10.6 Å². The lowest BCUT2D eigenvalue weighted by atomic mass is 10.2. The Hall–Kier alpha value is -1.75. The zero-order valence-electron chi connectivity index (χ0n) is 10.2. The molecule has 0 atom stereocenters. The number of nitrogens with zero attached hydrogens (tertiary/aromatic N) is 1. The van der Waals surface area contributed by atoms with Gasteiger partial charge in [0.15, 0.2) is 0 Å². The molecule has 1 aromatic carbocycles. The average molecular weight is 234 g/mol. The predicted molar refractivity (Wildman–Crippen MR) is 69.1 cm³/mol. The summed E-state index contributed by atoms with van der Waals surface area (Å²) in [6.07, 6.45) is 2.27. The van der Waals surface area contributed by atoms with Crippen LogP contribution in [0.3, 0.4) is 0 Å². The number of hydrogen-bond donors (Lipinski definition) is 3. The topological polar surface area (TPSA) is 71.7 Å². The van der Waals surface area contributed by atoms with Gasteiger partial charge in [0, 0.05) is 0 Å². The van der Waals surface area contributed by atoms with Crippen molar-refractivity contribution >= 4 is 11.6 Å². The smallest absolute Gasteiger partial charge is 0.210 e. The first-order valence-electron chi connectivity index (χ1n) is 5.69. The quantitative estimate of drug-likeness (QED) is 0.320. The van der Waals surface area contributed by atoms with Crippen LogP contribution >= 0.6 is 0 Å². The monoisotopic (exact) mass is 234 g/mol. The van der Waals surface area contributed by atoms with Crippen molar-refractivity contribution in [2.24, 2.45) is 10.8 Å². The maximum atomic E-state index is 5.44. The molecule has 1 aliphatic carbocycles. The summed E-state index contributed by atoms with van der Waals surface area (Å²) in [5, 5.41) is 3.15. The number of guanidine groups is 1. The summed E-state index contributed by atoms with van der Waals surface area (Å²) in [4.78, 5) is 4.42. The third kappa shape index (κ3) is 3.10. The van der Waals surface area contributed by atoms with E-state index in [0.29, 0.717) is 12.0 Å². The Kier molecular flexibility index (Phi) is 3.49. The predicted octanol–water partition coefficient (Wildman–Crippen LogP) is 1.40. The molecule has 5 heteroatoms. The fraction of sp³-hybridized carbons (Fsp3) is 0.417. The van der Waals surface area contributed by atoms with Crippen LogP contribution in [0.4, 0.5) is 5.69 Å². The minimum absolute atomic E-state index is 0.407. The zero-order chi connectivity index (χ0) is 12.3. The first-order chi connectivity index (χ1) is 8.22. The number of aryl methyl sites for hydroxylation is 1. The number of aliphatic imine (C=N–C) groups is 1. The number of anilines is 1. The SMILES string of the molecule is COc1ccc(C)cc1NC(=NC1CC1)NN. The van der Waals surface area contributed by atoms with Gasteiger partial charge in [0.05, 0.1) is 18.8 Å². The molecule has 0 saturated heterocycles. The highest BCUT2D eigenvalue weighted by Crippen LogP contribution is 2.26. The molecule has 0 aliphatic heterocycles. The van der Waals surface area contributed by atoms with Gasteiger partial charge in [0.1, 0.15) is 5.75 Å². The van der Waals surface area contributed by atoms with E-state index in [1.54, 1.807) is 7.11 Å². The molecular formula is C12H18N4O. The van der Waals surface area contributed by atoms with Gasteiger partial charge in [-0.1, -0.05) is 6.07 Å². The van der Waals surface area contributed by atoms with Gasteiger partial charge in [-0.25, -0.2) is 10.8 Å². The van der Waals surface area contributed by atoms with Gasteiger partial charge in [0.25, 0.3) is 0 Å². The number of rotatable bonds is 3. The molecule has 5 nitrogen and oxygen atoms in total. The van der Waals surface area contributed by atoms with E-state index in [2.05, 4.69) is 15.7 Å². The zero-order valence-corrected chi connectivity index (χ0v) is 10.2. The van der Waals surface area contributed by atoms with Crippen LogP contribution in [0.5, 0.6) is 5.75 Å². The summed E-state index contributed by atoms with van der Waals surface area (Å²) >= 11 is 0. The summed E-state index contributed by atoms with van der Waals surface area (Å²) in [6, 6.07) is 6.32. The molecule has 0 aromatic heterocycles. The van der Waals surface area contributed by atoms with E-state index in [1.807, 2.05) is 25.1 Å². The molecule has 0 bridgehead atoms. The Labute approximate surface area is 101 Å². The highest BCUT2D eigenvalue weighted by Gasteiger charge is 2.21. The van der Waals surface area contributed by atoms with E-state index in [-0.39, 0.29) is 0 Å². The molecule has 1 fully saturated rings. The molecule has 1 aromatic rings. The van der Waals surface area contributed by atoms with Crippen LogP contribution in [0.15, 0.2) is 23.2 Å². The number of nitrogens with one attached hydrogen (secondary N) is 2. The minimum atomic E-state index is 0.407. The van der Waals surface area contributed by atoms with Gasteiger partial charge in [0.2, 0.25) is 5.96 Å². The molecule has 0 radical (unpaired) electrons. The summed E-state index contributed by atoms with van der Waals surface area (Å²) in [6.45, 7) is 2.03. The van der Waals surface area contributed by atoms with Crippen LogP contribution in [-0.2, 0) is 0 Å². The Bertz CT molecular complexity index is 427. The van der Waals surface area contributed by atoms with Crippen LogP contribution < -0.4 is 21.3 Å². The van der Waals surface area contributed by atoms with Crippen LogP contribution in [0.2, 0.25) is 0 Å². The number of benzene rings is 1. The van der Waals surface area contributed by atoms with Gasteiger partial charge in [-0.2, -0.15) is 0 Å². The van der Waals surface area contributed by atoms with Crippen molar-refractivity contribution in [3.05, 3.63) is 23.8 Å². The Morgan fingerprint density at radius 1 is 1.47 bits per heavy atom. The first-order valence-corrected chi connectivity index (χ1v) is 5.69. The van der Waals surface area contributed by atoms with E-state index < -0.39 is 0 Å². The molecule has 0 spiro atoms. The summed E-state index contributed by atoms with van der Waals surface area (Å²) in [7, 11) is 1.64. The largest absolute Gasteiger partial charge is 0.495 e. The fourth-order valence-corrected chi connectivity index (χ4v) is 1.54. The van der Waals surface area contributed by atoms with Crippen molar-refractivity contribution in [1.29, 1.82) is 0 Å². The van der Waals surface area contributed by atoms with Gasteiger partial charge < -0.3 is 10.1 Å². The van der Waals surface area contributed by atoms with E-state index in [0.717, 1.165) is 29.8 Å². The number of hydrazine groups is 1. The third-order valence-electron chi connectivity index (χ3n) is 2.60. The molecule has 2 rings (SSSR count). The number of ether oxygens (including phenoxy) is 1. The fourth-order valence-electron chi connectivity index (χ4n) is 1.54. The Balaban J connectivity index is 2.17. The van der Waals surface area contributed by atoms with Crippen LogP contribution in [0.25, 0.3) is 0 Å². The van der Waals surface area contributed by atoms with E-state index in [1.165, 1.54) is 0 Å². The maximum Gasteiger partial charge on any atom is 0.210 e. The Morgan fingerprint density at radius 2 is 2.24 bits per heavy atom. The first kappa shape index (κ1) is 11.7. The van der Waals surface area contributed by atoms with Crippen LogP contribution in [0.1, 0.15) is 18.4 Å². The van der Waals surface area contributed by atoms with Crippen molar-refractivity contribution in [3.63, 3.8) is 0 Å². The van der Waals surface area contributed by atoms with Crippen molar-refractivity contribution in [1.82, 2.24) is 5.43 Å². The highest BCUT2D eigenvalue weighted by molar-refractivity contribution is 5.94. The van der Waals surface area contributed by atoms with Crippen LogP contribution in [0, 0.1) is 6.92 Å². The molecule has 17 heavy (non-hydrogen) atoms. The minimum Gasteiger partial charge on any atom is -0.495 e. The van der Waals surface area contributed by atoms with Gasteiger partial charge in [-0.3, -0.25) is 5.43 Å². The summed E-state index contributed by atoms with van der Waals surface area (Å²) in [5.74, 6) is 6.79.